The second-order valence-corrected chi connectivity index (χ2v) is 6.63. The number of carbonyl (C=O) groups excluding carboxylic acids is 2. The second-order valence-electron chi connectivity index (χ2n) is 6.63. The molecule has 0 spiro atoms. The lowest BCUT2D eigenvalue weighted by Gasteiger charge is -2.23. The van der Waals surface area contributed by atoms with E-state index in [0.717, 1.165) is 27.5 Å². The lowest BCUT2D eigenvalue weighted by molar-refractivity contribution is -0.644. The summed E-state index contributed by atoms with van der Waals surface area (Å²) in [5, 5.41) is 4.96. The molecule has 0 radical (unpaired) electrons. The number of hydrogen-bond acceptors (Lipinski definition) is 3. The zero-order chi connectivity index (χ0) is 17.9. The van der Waals surface area contributed by atoms with Crippen LogP contribution in [-0.2, 0) is 7.05 Å². The monoisotopic (exact) mass is 462 g/mol. The highest BCUT2D eigenvalue weighted by atomic mass is 127. The summed E-state index contributed by atoms with van der Waals surface area (Å²) in [5.74, 6) is 0.128. The average molecular weight is 462 g/mol. The fourth-order valence-electron chi connectivity index (χ4n) is 3.60. The van der Waals surface area contributed by atoms with Crippen LogP contribution in [0.5, 0.6) is 0 Å². The number of aryl methyl sites for hydroxylation is 4. The maximum absolute atomic E-state index is 13.0. The Morgan fingerprint density at radius 1 is 1.12 bits per heavy atom. The number of halogens is 1. The zero-order valence-electron chi connectivity index (χ0n) is 15.0. The Labute approximate surface area is 168 Å². The van der Waals surface area contributed by atoms with Crippen molar-refractivity contribution in [1.29, 1.82) is 0 Å². The second kappa shape index (κ2) is 6.48. The Morgan fingerprint density at radius 2 is 1.85 bits per heavy atom. The van der Waals surface area contributed by atoms with E-state index in [2.05, 4.69) is 28.5 Å². The molecule has 2 N–H and O–H groups in total. The minimum Gasteiger partial charge on any atom is -1.00 e. The summed E-state index contributed by atoms with van der Waals surface area (Å²) in [6, 6.07) is 7.87. The maximum Gasteiger partial charge on any atom is 0.433 e. The number of imidazole rings is 1. The van der Waals surface area contributed by atoms with Crippen molar-refractivity contribution >= 4 is 34.2 Å². The molecule has 3 amide bonds. The Hall–Kier alpha value is -2.26. The highest BCUT2D eigenvalue weighted by molar-refractivity contribution is 6.07. The van der Waals surface area contributed by atoms with E-state index in [1.165, 1.54) is 6.33 Å². The third-order valence-electron chi connectivity index (χ3n) is 4.84. The normalized spacial score (nSPS) is 16.2. The van der Waals surface area contributed by atoms with Crippen molar-refractivity contribution in [3.63, 3.8) is 0 Å². The smallest absolute Gasteiger partial charge is 0.433 e. The molecule has 0 saturated heterocycles. The largest absolute Gasteiger partial charge is 1.00 e. The molecule has 0 aliphatic carbocycles. The Morgan fingerprint density at radius 3 is 2.58 bits per heavy atom. The Balaban J connectivity index is 0.00000196. The molecule has 1 atom stereocenters. The molecule has 1 unspecified atom stereocenters. The molecule has 0 bridgehead atoms. The number of aromatic nitrogens is 2. The quantitative estimate of drug-likeness (QED) is 0.475. The third kappa shape index (κ3) is 2.62. The van der Waals surface area contributed by atoms with Gasteiger partial charge >= 0.3 is 11.9 Å². The molecule has 1 aromatic heterocycles. The van der Waals surface area contributed by atoms with Gasteiger partial charge in [0.05, 0.1) is 6.33 Å². The van der Waals surface area contributed by atoms with Gasteiger partial charge in [0, 0.05) is 18.2 Å². The molecule has 0 fully saturated rings. The van der Waals surface area contributed by atoms with Crippen LogP contribution < -0.4 is 34.2 Å². The molecule has 134 valence electrons. The van der Waals surface area contributed by atoms with E-state index in [-0.39, 0.29) is 40.8 Å². The number of quaternary nitrogens is 1. The molecule has 26 heavy (non-hydrogen) atoms. The molecule has 2 heterocycles. The maximum atomic E-state index is 13.0. The van der Waals surface area contributed by atoms with Gasteiger partial charge in [-0.3, -0.25) is 5.32 Å². The number of amides is 3. The van der Waals surface area contributed by atoms with Crippen LogP contribution in [0.15, 0.2) is 30.6 Å². The number of imide groups is 1. The van der Waals surface area contributed by atoms with Crippen LogP contribution in [0.4, 0.5) is 16.3 Å². The van der Waals surface area contributed by atoms with Crippen LogP contribution in [0.3, 0.4) is 0 Å². The van der Waals surface area contributed by atoms with Crippen LogP contribution in [-0.4, -0.2) is 21.5 Å². The first-order valence-corrected chi connectivity index (χ1v) is 8.13. The summed E-state index contributed by atoms with van der Waals surface area (Å²) >= 11 is 0. The lowest BCUT2D eigenvalue weighted by Crippen LogP contribution is -3.14. The average Bonchev–Trinajstić information content (AvgIpc) is 2.92. The van der Waals surface area contributed by atoms with Crippen LogP contribution in [0.25, 0.3) is 10.8 Å². The lowest BCUT2D eigenvalue weighted by atomic mass is 9.97. The minimum absolute atomic E-state index is 0. The summed E-state index contributed by atoms with van der Waals surface area (Å²) in [4.78, 5) is 30.0. The van der Waals surface area contributed by atoms with Crippen molar-refractivity contribution in [3.05, 3.63) is 53.0 Å². The number of nitrogens with one attached hydrogen (secondary N) is 2. The van der Waals surface area contributed by atoms with Crippen LogP contribution in [0.2, 0.25) is 0 Å². The highest BCUT2D eigenvalue weighted by Gasteiger charge is 2.43. The zero-order valence-corrected chi connectivity index (χ0v) is 17.1. The van der Waals surface area contributed by atoms with Crippen molar-refractivity contribution in [2.75, 3.05) is 5.32 Å². The van der Waals surface area contributed by atoms with Gasteiger partial charge in [-0.1, -0.05) is 23.8 Å². The summed E-state index contributed by atoms with van der Waals surface area (Å²) in [6.07, 6.45) is 1.54. The van der Waals surface area contributed by atoms with Crippen LogP contribution in [0.1, 0.15) is 27.2 Å². The molecule has 4 rings (SSSR count). The molecule has 7 heteroatoms. The van der Waals surface area contributed by atoms with Crippen molar-refractivity contribution in [1.82, 2.24) is 9.55 Å². The number of anilines is 1. The third-order valence-corrected chi connectivity index (χ3v) is 4.84. The summed E-state index contributed by atoms with van der Waals surface area (Å²) in [6.45, 7) is 5.93. The van der Waals surface area contributed by atoms with Gasteiger partial charge in [0.25, 0.3) is 0 Å². The van der Waals surface area contributed by atoms with Crippen molar-refractivity contribution in [2.24, 2.45) is 7.05 Å². The van der Waals surface area contributed by atoms with Gasteiger partial charge in [0.15, 0.2) is 11.5 Å². The van der Waals surface area contributed by atoms with Crippen molar-refractivity contribution in [2.45, 2.75) is 20.8 Å². The van der Waals surface area contributed by atoms with Crippen LogP contribution >= 0.6 is 0 Å². The summed E-state index contributed by atoms with van der Waals surface area (Å²) in [7, 11) is 1.75. The molecule has 1 aliphatic heterocycles. The van der Waals surface area contributed by atoms with E-state index < -0.39 is 0 Å². The molecular weight excluding hydrogens is 443 g/mol. The van der Waals surface area contributed by atoms with E-state index in [0.29, 0.717) is 17.2 Å². The van der Waals surface area contributed by atoms with Crippen molar-refractivity contribution < 1.29 is 38.5 Å². The topological polar surface area (TPSA) is 68.4 Å². The molecule has 2 aromatic carbocycles. The number of nitrogens with zero attached hydrogens (tertiary/aromatic N) is 2. The molecule has 6 nitrogen and oxygen atoms in total. The van der Waals surface area contributed by atoms with Gasteiger partial charge < -0.3 is 28.5 Å². The van der Waals surface area contributed by atoms with Gasteiger partial charge in [-0.25, -0.2) is 14.6 Å². The summed E-state index contributed by atoms with van der Waals surface area (Å²) < 4.78 is 1.64. The predicted molar refractivity (Wildman–Crippen MR) is 95.3 cm³/mol. The van der Waals surface area contributed by atoms with E-state index in [4.69, 9.17) is 0 Å². The molecule has 3 aromatic rings. The van der Waals surface area contributed by atoms with E-state index in [9.17, 15) is 9.59 Å². The number of fused-ring (bicyclic) bond motifs is 2. The van der Waals surface area contributed by atoms with Crippen LogP contribution in [0, 0.1) is 20.8 Å². The van der Waals surface area contributed by atoms with Gasteiger partial charge in [-0.15, -0.1) is 0 Å². The SMILES string of the molecule is Cc1ccc2cc(C)c([NH+]3C(=O)Nc4c(ncn4C)C3=O)c(C)c2c1.[I-]. The number of benzene rings is 2. The van der Waals surface area contributed by atoms with E-state index in [1.807, 2.05) is 26.8 Å². The Kier molecular flexibility index (Phi) is 4.61. The standard InChI is InChI=1S/C19H18N4O2.HI/c1-10-5-6-13-8-11(2)16(12(3)14(13)7-10)23-18(24)15-17(21-19(23)25)22(4)9-20-15;/h5-9H,1-4H3,(H,21,25);1H. The van der Waals surface area contributed by atoms with E-state index >= 15 is 0 Å². The minimum atomic E-state index is -0.376. The summed E-state index contributed by atoms with van der Waals surface area (Å²) in [5.41, 5.74) is 3.99. The Bertz CT molecular complexity index is 1070. The van der Waals surface area contributed by atoms with Gasteiger partial charge in [-0.05, 0) is 37.6 Å². The fraction of sp³-hybridized carbons (Fsp3) is 0.211. The van der Waals surface area contributed by atoms with E-state index in [1.54, 1.807) is 11.6 Å². The first kappa shape index (κ1) is 18.5. The first-order valence-electron chi connectivity index (χ1n) is 8.13. The van der Waals surface area contributed by atoms with Gasteiger partial charge in [0.1, 0.15) is 0 Å². The number of hydrogen-bond donors (Lipinski definition) is 2. The molecule has 0 saturated carbocycles. The van der Waals surface area contributed by atoms with Crippen molar-refractivity contribution in [3.8, 4) is 0 Å². The first-order chi connectivity index (χ1) is 11.9. The van der Waals surface area contributed by atoms with Gasteiger partial charge in [-0.2, -0.15) is 4.90 Å². The molecule has 1 aliphatic rings. The molecular formula is C19H19IN4O2. The number of urea groups is 1. The highest BCUT2D eigenvalue weighted by Crippen LogP contribution is 2.29. The predicted octanol–water partition coefficient (Wildman–Crippen LogP) is -0.595. The number of rotatable bonds is 1. The van der Waals surface area contributed by atoms with Gasteiger partial charge in [0.2, 0.25) is 5.69 Å². The fourth-order valence-corrected chi connectivity index (χ4v) is 3.60. The number of carbonyl (C=O) groups is 2.